The maximum Gasteiger partial charge on any atom is 0.272 e. The van der Waals surface area contributed by atoms with Crippen LogP contribution >= 0.6 is 11.6 Å². The third-order valence-electron chi connectivity index (χ3n) is 4.68. The second-order valence-electron chi connectivity index (χ2n) is 6.45. The Bertz CT molecular complexity index is 933. The van der Waals surface area contributed by atoms with Crippen LogP contribution in [0.4, 0.5) is 0 Å². The molecular formula is C20H21ClN4O2. The van der Waals surface area contributed by atoms with E-state index in [-0.39, 0.29) is 5.91 Å². The van der Waals surface area contributed by atoms with E-state index in [1.54, 1.807) is 0 Å². The minimum absolute atomic E-state index is 0.170. The molecule has 1 aliphatic rings. The minimum atomic E-state index is -0.170. The Hall–Kier alpha value is -2.41. The molecule has 0 unspecified atom stereocenters. The van der Waals surface area contributed by atoms with E-state index in [2.05, 4.69) is 15.2 Å². The van der Waals surface area contributed by atoms with Crippen molar-refractivity contribution in [2.24, 2.45) is 0 Å². The monoisotopic (exact) mass is 384 g/mol. The molecule has 1 N–H and O–H groups in total. The lowest BCUT2D eigenvalue weighted by atomic mass is 10.1. The summed E-state index contributed by atoms with van der Waals surface area (Å²) in [5.41, 5.74) is 2.83. The van der Waals surface area contributed by atoms with Gasteiger partial charge in [-0.2, -0.15) is 0 Å². The molecule has 0 atom stereocenters. The molecule has 1 aromatic carbocycles. The Labute approximate surface area is 162 Å². The second-order valence-corrected chi connectivity index (χ2v) is 6.89. The fourth-order valence-corrected chi connectivity index (χ4v) is 3.40. The molecule has 3 aromatic rings. The topological polar surface area (TPSA) is 58.9 Å². The summed E-state index contributed by atoms with van der Waals surface area (Å²) in [5.74, 6) is -0.170. The van der Waals surface area contributed by atoms with Gasteiger partial charge in [0.2, 0.25) is 0 Å². The molecule has 27 heavy (non-hydrogen) atoms. The molecule has 2 aromatic heterocycles. The first-order valence-corrected chi connectivity index (χ1v) is 9.41. The van der Waals surface area contributed by atoms with Crippen LogP contribution in [0.5, 0.6) is 0 Å². The van der Waals surface area contributed by atoms with Crippen molar-refractivity contribution in [2.45, 2.75) is 0 Å². The van der Waals surface area contributed by atoms with Crippen LogP contribution < -0.4 is 5.32 Å². The zero-order chi connectivity index (χ0) is 18.6. The summed E-state index contributed by atoms with van der Waals surface area (Å²) in [5, 5.41) is 3.66. The summed E-state index contributed by atoms with van der Waals surface area (Å²) in [6.07, 6.45) is 1.91. The van der Waals surface area contributed by atoms with Gasteiger partial charge in [0.25, 0.3) is 5.91 Å². The maximum atomic E-state index is 12.9. The number of hydrogen-bond acceptors (Lipinski definition) is 4. The summed E-state index contributed by atoms with van der Waals surface area (Å²) in [6, 6.07) is 13.2. The highest BCUT2D eigenvalue weighted by molar-refractivity contribution is 6.30. The number of ether oxygens (including phenoxy) is 1. The molecule has 1 saturated heterocycles. The maximum absolute atomic E-state index is 12.9. The quantitative estimate of drug-likeness (QED) is 0.734. The number of morpholine rings is 1. The molecule has 1 fully saturated rings. The Kier molecular flexibility index (Phi) is 5.38. The first kappa shape index (κ1) is 18.0. The smallest absolute Gasteiger partial charge is 0.272 e. The molecule has 4 rings (SSSR count). The number of carbonyl (C=O) groups excluding carboxylic acids is 1. The summed E-state index contributed by atoms with van der Waals surface area (Å²) in [6.45, 7) is 4.69. The number of benzene rings is 1. The molecular weight excluding hydrogens is 364 g/mol. The van der Waals surface area contributed by atoms with Crippen molar-refractivity contribution in [3.8, 4) is 11.3 Å². The number of fused-ring (bicyclic) bond motifs is 1. The van der Waals surface area contributed by atoms with Crippen LogP contribution in [-0.4, -0.2) is 59.6 Å². The fraction of sp³-hybridized carbons (Fsp3) is 0.300. The van der Waals surface area contributed by atoms with Crippen LogP contribution in [0.25, 0.3) is 16.9 Å². The molecule has 0 aliphatic carbocycles. The number of nitrogens with one attached hydrogen (secondary N) is 1. The highest BCUT2D eigenvalue weighted by atomic mass is 35.5. The van der Waals surface area contributed by atoms with Crippen LogP contribution in [0.2, 0.25) is 5.02 Å². The van der Waals surface area contributed by atoms with E-state index in [4.69, 9.17) is 16.3 Å². The number of rotatable bonds is 5. The lowest BCUT2D eigenvalue weighted by molar-refractivity contribution is 0.0383. The SMILES string of the molecule is O=C(NCCN1CCOCC1)c1nc2ccccn2c1-c1ccc(Cl)cc1. The number of amides is 1. The van der Waals surface area contributed by atoms with Gasteiger partial charge in [0, 0.05) is 43.0 Å². The van der Waals surface area contributed by atoms with E-state index in [9.17, 15) is 4.79 Å². The molecule has 1 amide bonds. The first-order chi connectivity index (χ1) is 13.2. The molecule has 6 nitrogen and oxygen atoms in total. The highest BCUT2D eigenvalue weighted by Gasteiger charge is 2.20. The number of hydrogen-bond donors (Lipinski definition) is 1. The fourth-order valence-electron chi connectivity index (χ4n) is 3.27. The average Bonchev–Trinajstić information content (AvgIpc) is 3.09. The van der Waals surface area contributed by atoms with Crippen molar-refractivity contribution in [1.29, 1.82) is 0 Å². The van der Waals surface area contributed by atoms with Crippen LogP contribution in [0.3, 0.4) is 0 Å². The van der Waals surface area contributed by atoms with E-state index < -0.39 is 0 Å². The number of imidazole rings is 1. The van der Waals surface area contributed by atoms with Crippen molar-refractivity contribution >= 4 is 23.2 Å². The Morgan fingerprint density at radius 1 is 1.15 bits per heavy atom. The zero-order valence-corrected chi connectivity index (χ0v) is 15.7. The van der Waals surface area contributed by atoms with Crippen LogP contribution in [0.15, 0.2) is 48.7 Å². The zero-order valence-electron chi connectivity index (χ0n) is 14.9. The number of halogens is 1. The largest absolute Gasteiger partial charge is 0.379 e. The van der Waals surface area contributed by atoms with E-state index in [1.807, 2.05) is 53.1 Å². The minimum Gasteiger partial charge on any atom is -0.379 e. The second kappa shape index (κ2) is 8.08. The molecule has 7 heteroatoms. The van der Waals surface area contributed by atoms with Crippen LogP contribution in [-0.2, 0) is 4.74 Å². The lowest BCUT2D eigenvalue weighted by Gasteiger charge is -2.26. The van der Waals surface area contributed by atoms with Gasteiger partial charge in [-0.25, -0.2) is 4.98 Å². The molecule has 0 bridgehead atoms. The van der Waals surface area contributed by atoms with E-state index >= 15 is 0 Å². The predicted octanol–water partition coefficient (Wildman–Crippen LogP) is 2.72. The predicted molar refractivity (Wildman–Crippen MR) is 105 cm³/mol. The van der Waals surface area contributed by atoms with Crippen molar-refractivity contribution in [1.82, 2.24) is 19.6 Å². The molecule has 3 heterocycles. The van der Waals surface area contributed by atoms with Gasteiger partial charge in [0.05, 0.1) is 18.9 Å². The van der Waals surface area contributed by atoms with Crippen molar-refractivity contribution < 1.29 is 9.53 Å². The van der Waals surface area contributed by atoms with Gasteiger partial charge in [-0.1, -0.05) is 29.8 Å². The van der Waals surface area contributed by atoms with E-state index in [0.717, 1.165) is 49.8 Å². The Morgan fingerprint density at radius 2 is 1.93 bits per heavy atom. The van der Waals surface area contributed by atoms with Gasteiger partial charge in [0.1, 0.15) is 5.65 Å². The van der Waals surface area contributed by atoms with Crippen molar-refractivity contribution in [3.63, 3.8) is 0 Å². The van der Waals surface area contributed by atoms with Gasteiger partial charge in [-0.15, -0.1) is 0 Å². The molecule has 0 radical (unpaired) electrons. The third-order valence-corrected chi connectivity index (χ3v) is 4.93. The van der Waals surface area contributed by atoms with Crippen molar-refractivity contribution in [3.05, 3.63) is 59.4 Å². The lowest BCUT2D eigenvalue weighted by Crippen LogP contribution is -2.41. The van der Waals surface area contributed by atoms with Crippen LogP contribution in [0, 0.1) is 0 Å². The summed E-state index contributed by atoms with van der Waals surface area (Å²) < 4.78 is 7.28. The molecule has 0 spiro atoms. The normalized spacial score (nSPS) is 15.1. The number of nitrogens with zero attached hydrogens (tertiary/aromatic N) is 3. The van der Waals surface area contributed by atoms with Gasteiger partial charge in [-0.3, -0.25) is 14.1 Å². The summed E-state index contributed by atoms with van der Waals surface area (Å²) in [7, 11) is 0. The first-order valence-electron chi connectivity index (χ1n) is 9.04. The highest BCUT2D eigenvalue weighted by Crippen LogP contribution is 2.26. The molecule has 140 valence electrons. The van der Waals surface area contributed by atoms with Gasteiger partial charge in [-0.05, 0) is 24.3 Å². The standard InChI is InChI=1S/C20H21ClN4O2/c21-16-6-4-15(5-7-16)19-18(23-17-3-1-2-9-25(17)19)20(26)22-8-10-24-11-13-27-14-12-24/h1-7,9H,8,10-14H2,(H,22,26). The number of carbonyl (C=O) groups is 1. The van der Waals surface area contributed by atoms with Gasteiger partial charge >= 0.3 is 0 Å². The average molecular weight is 385 g/mol. The van der Waals surface area contributed by atoms with E-state index in [1.165, 1.54) is 0 Å². The summed E-state index contributed by atoms with van der Waals surface area (Å²) >= 11 is 6.02. The molecule has 1 aliphatic heterocycles. The van der Waals surface area contributed by atoms with E-state index in [0.29, 0.717) is 17.3 Å². The Balaban J connectivity index is 1.57. The van der Waals surface area contributed by atoms with Gasteiger partial charge < -0.3 is 10.1 Å². The Morgan fingerprint density at radius 3 is 2.70 bits per heavy atom. The van der Waals surface area contributed by atoms with Crippen molar-refractivity contribution in [2.75, 3.05) is 39.4 Å². The number of pyridine rings is 1. The summed E-state index contributed by atoms with van der Waals surface area (Å²) in [4.78, 5) is 19.7. The van der Waals surface area contributed by atoms with Gasteiger partial charge in [0.15, 0.2) is 5.69 Å². The van der Waals surface area contributed by atoms with Crippen LogP contribution in [0.1, 0.15) is 10.5 Å². The molecule has 0 saturated carbocycles. The third kappa shape index (κ3) is 3.98. The number of aromatic nitrogens is 2.